The highest BCUT2D eigenvalue weighted by atomic mass is 32.2. The molecule has 4 rings (SSSR count). The van der Waals surface area contributed by atoms with Gasteiger partial charge in [-0.3, -0.25) is 0 Å². The first-order valence-corrected chi connectivity index (χ1v) is 13.1. The lowest BCUT2D eigenvalue weighted by Crippen LogP contribution is -2.45. The van der Waals surface area contributed by atoms with Crippen molar-refractivity contribution in [1.82, 2.24) is 4.72 Å². The highest BCUT2D eigenvalue weighted by Crippen LogP contribution is 2.46. The Morgan fingerprint density at radius 2 is 1.16 bits per heavy atom. The minimum atomic E-state index is -5.12. The maximum Gasteiger partial charge on any atom is 0.573 e. The SMILES string of the molecule is O=S(=O)(NCC(Cc1ccccc1)(c1ccccc1OC(F)(F)F)c1ccccc1OC(F)(F)F)C1CC1. The van der Waals surface area contributed by atoms with Crippen LogP contribution >= 0.6 is 0 Å². The number of hydrogen-bond acceptors (Lipinski definition) is 4. The van der Waals surface area contributed by atoms with Crippen molar-refractivity contribution in [1.29, 1.82) is 0 Å². The maximum absolute atomic E-state index is 13.4. The molecule has 0 bridgehead atoms. The summed E-state index contributed by atoms with van der Waals surface area (Å²) in [5.74, 6) is -1.35. The lowest BCUT2D eigenvalue weighted by Gasteiger charge is -2.37. The number of halogens is 6. The summed E-state index contributed by atoms with van der Waals surface area (Å²) in [5, 5.41) is -0.680. The molecule has 5 nitrogen and oxygen atoms in total. The van der Waals surface area contributed by atoms with Crippen molar-refractivity contribution in [3.05, 3.63) is 95.6 Å². The van der Waals surface area contributed by atoms with Gasteiger partial charge in [0.25, 0.3) is 0 Å². The van der Waals surface area contributed by atoms with E-state index in [-0.39, 0.29) is 17.5 Å². The summed E-state index contributed by atoms with van der Waals surface area (Å²) in [5.41, 5.74) is -1.62. The van der Waals surface area contributed by atoms with E-state index in [2.05, 4.69) is 14.2 Å². The van der Waals surface area contributed by atoms with E-state index >= 15 is 0 Å². The van der Waals surface area contributed by atoms with E-state index < -0.39 is 51.5 Å². The molecule has 38 heavy (non-hydrogen) atoms. The van der Waals surface area contributed by atoms with Crippen LogP contribution in [0.5, 0.6) is 11.5 Å². The second-order valence-electron chi connectivity index (χ2n) is 8.90. The summed E-state index contributed by atoms with van der Waals surface area (Å²) < 4.78 is 117. The molecule has 1 aliphatic rings. The molecule has 0 atom stereocenters. The number of rotatable bonds is 10. The van der Waals surface area contributed by atoms with E-state index in [4.69, 9.17) is 0 Å². The molecular formula is C26H23F6NO4S. The quantitative estimate of drug-likeness (QED) is 0.305. The van der Waals surface area contributed by atoms with E-state index in [0.29, 0.717) is 18.4 Å². The average Bonchev–Trinajstić information content (AvgIpc) is 3.68. The molecule has 1 aliphatic carbocycles. The summed E-state index contributed by atoms with van der Waals surface area (Å²) in [6, 6.07) is 18.3. The van der Waals surface area contributed by atoms with Crippen LogP contribution < -0.4 is 14.2 Å². The normalized spacial score (nSPS) is 14.8. The Bertz CT molecular complexity index is 1300. The van der Waals surface area contributed by atoms with Gasteiger partial charge in [-0.15, -0.1) is 26.3 Å². The van der Waals surface area contributed by atoms with Crippen molar-refractivity contribution in [3.8, 4) is 11.5 Å². The fourth-order valence-electron chi connectivity index (χ4n) is 4.40. The second kappa shape index (κ2) is 10.5. The van der Waals surface area contributed by atoms with Gasteiger partial charge in [0.05, 0.1) is 5.25 Å². The smallest absolute Gasteiger partial charge is 0.405 e. The van der Waals surface area contributed by atoms with Crippen molar-refractivity contribution >= 4 is 10.0 Å². The predicted octanol–water partition coefficient (Wildman–Crippen LogP) is 6.09. The van der Waals surface area contributed by atoms with E-state index in [1.807, 2.05) is 0 Å². The van der Waals surface area contributed by atoms with E-state index in [1.165, 1.54) is 36.4 Å². The Hall–Kier alpha value is -3.25. The van der Waals surface area contributed by atoms with Crippen LogP contribution in [0.4, 0.5) is 26.3 Å². The zero-order valence-electron chi connectivity index (χ0n) is 19.7. The summed E-state index contributed by atoms with van der Waals surface area (Å²) in [4.78, 5) is 0. The third-order valence-corrected chi connectivity index (χ3v) is 8.04. The molecule has 0 heterocycles. The fraction of sp³-hybridized carbons (Fsp3) is 0.308. The molecule has 12 heteroatoms. The number of nitrogens with one attached hydrogen (secondary N) is 1. The minimum absolute atomic E-state index is 0.169. The van der Waals surface area contributed by atoms with Crippen LogP contribution in [-0.2, 0) is 21.9 Å². The first-order valence-electron chi connectivity index (χ1n) is 11.5. The minimum Gasteiger partial charge on any atom is -0.405 e. The van der Waals surface area contributed by atoms with Crippen molar-refractivity contribution in [3.63, 3.8) is 0 Å². The highest BCUT2D eigenvalue weighted by Gasteiger charge is 2.45. The number of sulfonamides is 1. The van der Waals surface area contributed by atoms with Gasteiger partial charge in [-0.2, -0.15) is 0 Å². The molecule has 3 aromatic carbocycles. The molecule has 0 amide bonds. The van der Waals surface area contributed by atoms with Crippen LogP contribution in [0, 0.1) is 0 Å². The number of para-hydroxylation sites is 2. The second-order valence-corrected chi connectivity index (χ2v) is 10.9. The Labute approximate surface area is 215 Å². The first kappa shape index (κ1) is 27.8. The lowest BCUT2D eigenvalue weighted by molar-refractivity contribution is -0.275. The molecule has 1 fully saturated rings. The number of hydrogen-bond donors (Lipinski definition) is 1. The van der Waals surface area contributed by atoms with Crippen molar-refractivity contribution < 1.29 is 44.2 Å². The Kier molecular flexibility index (Phi) is 7.67. The molecule has 0 aliphatic heterocycles. The fourth-order valence-corrected chi connectivity index (χ4v) is 5.84. The van der Waals surface area contributed by atoms with Gasteiger partial charge in [-0.1, -0.05) is 66.7 Å². The monoisotopic (exact) mass is 559 g/mol. The van der Waals surface area contributed by atoms with Crippen LogP contribution in [0.1, 0.15) is 29.5 Å². The van der Waals surface area contributed by atoms with Crippen molar-refractivity contribution in [2.24, 2.45) is 0 Å². The standard InChI is InChI=1S/C26H23F6NO4S/c27-25(28,29)36-22-12-6-4-10-20(22)24(16-18-8-2-1-3-9-18,17-33-38(34,35)19-14-15-19)21-11-5-7-13-23(21)37-26(30,31)32/h1-13,19,33H,14-17H2. The van der Waals surface area contributed by atoms with E-state index in [0.717, 1.165) is 12.1 Å². The molecule has 3 aromatic rings. The molecule has 1 saturated carbocycles. The van der Waals surface area contributed by atoms with Crippen LogP contribution in [0.2, 0.25) is 0 Å². The molecule has 1 N–H and O–H groups in total. The van der Waals surface area contributed by atoms with Crippen molar-refractivity contribution in [2.75, 3.05) is 6.54 Å². The average molecular weight is 560 g/mol. The van der Waals surface area contributed by atoms with Crippen LogP contribution in [0.15, 0.2) is 78.9 Å². The van der Waals surface area contributed by atoms with Gasteiger partial charge >= 0.3 is 12.7 Å². The van der Waals surface area contributed by atoms with Gasteiger partial charge in [0.15, 0.2) is 0 Å². The zero-order valence-corrected chi connectivity index (χ0v) is 20.5. The molecule has 204 valence electrons. The summed E-state index contributed by atoms with van der Waals surface area (Å²) in [6.45, 7) is -0.558. The van der Waals surface area contributed by atoms with E-state index in [9.17, 15) is 34.8 Å². The molecule has 0 radical (unpaired) electrons. The van der Waals surface area contributed by atoms with Crippen LogP contribution in [0.3, 0.4) is 0 Å². The van der Waals surface area contributed by atoms with Gasteiger partial charge in [0.1, 0.15) is 11.5 Å². The summed E-state index contributed by atoms with van der Waals surface area (Å²) >= 11 is 0. The Morgan fingerprint density at radius 1 is 0.711 bits per heavy atom. The Balaban J connectivity index is 1.99. The predicted molar refractivity (Wildman–Crippen MR) is 127 cm³/mol. The van der Waals surface area contributed by atoms with Crippen LogP contribution in [-0.4, -0.2) is 32.9 Å². The van der Waals surface area contributed by atoms with E-state index in [1.54, 1.807) is 30.3 Å². The Morgan fingerprint density at radius 3 is 1.61 bits per heavy atom. The van der Waals surface area contributed by atoms with Gasteiger partial charge < -0.3 is 9.47 Å². The zero-order chi connectivity index (χ0) is 27.6. The molecule has 0 spiro atoms. The number of ether oxygens (including phenoxy) is 2. The molecule has 0 unspecified atom stereocenters. The maximum atomic E-state index is 13.4. The topological polar surface area (TPSA) is 64.6 Å². The molecule has 0 aromatic heterocycles. The van der Waals surface area contributed by atoms with Gasteiger partial charge in [0.2, 0.25) is 10.0 Å². The van der Waals surface area contributed by atoms with Gasteiger partial charge in [0, 0.05) is 23.1 Å². The third kappa shape index (κ3) is 6.79. The number of alkyl halides is 6. The van der Waals surface area contributed by atoms with Gasteiger partial charge in [-0.25, -0.2) is 13.1 Å². The number of benzene rings is 3. The first-order chi connectivity index (χ1) is 17.8. The highest BCUT2D eigenvalue weighted by molar-refractivity contribution is 7.90. The summed E-state index contributed by atoms with van der Waals surface area (Å²) in [6.07, 6.45) is -9.61. The molecule has 0 saturated heterocycles. The van der Waals surface area contributed by atoms with Crippen molar-refractivity contribution in [2.45, 2.75) is 42.7 Å². The largest absolute Gasteiger partial charge is 0.573 e. The van der Waals surface area contributed by atoms with Crippen LogP contribution in [0.25, 0.3) is 0 Å². The summed E-state index contributed by atoms with van der Waals surface area (Å²) in [7, 11) is -3.90. The molecular weight excluding hydrogens is 536 g/mol. The third-order valence-electron chi connectivity index (χ3n) is 6.14. The van der Waals surface area contributed by atoms with Gasteiger partial charge in [-0.05, 0) is 37.0 Å². The lowest BCUT2D eigenvalue weighted by atomic mass is 9.69.